The molecule has 17 heavy (non-hydrogen) atoms. The van der Waals surface area contributed by atoms with Gasteiger partial charge in [0.05, 0.1) is 0 Å². The Hall–Kier alpha value is -0.120. The highest BCUT2D eigenvalue weighted by atomic mass is 15.3. The lowest BCUT2D eigenvalue weighted by molar-refractivity contribution is 0.0762. The van der Waals surface area contributed by atoms with Crippen molar-refractivity contribution in [1.29, 1.82) is 0 Å². The molecule has 1 N–H and O–H groups in total. The maximum Gasteiger partial charge on any atom is 0.0193 e. The van der Waals surface area contributed by atoms with Crippen molar-refractivity contribution in [3.05, 3.63) is 0 Å². The largest absolute Gasteiger partial charge is 0.312 e. The average molecular weight is 241 g/mol. The molecule has 102 valence electrons. The van der Waals surface area contributed by atoms with E-state index in [9.17, 15) is 0 Å². The van der Waals surface area contributed by atoms with E-state index < -0.39 is 0 Å². The van der Waals surface area contributed by atoms with Crippen molar-refractivity contribution in [2.75, 3.05) is 33.2 Å². The molecule has 0 aromatic rings. The Morgan fingerprint density at radius 3 is 2.41 bits per heavy atom. The van der Waals surface area contributed by atoms with E-state index in [0.717, 1.165) is 6.54 Å². The van der Waals surface area contributed by atoms with Crippen LogP contribution >= 0.6 is 0 Å². The number of likely N-dealkylation sites (N-methyl/N-ethyl adjacent to an activating group) is 1. The second-order valence-corrected chi connectivity index (χ2v) is 5.60. The zero-order valence-corrected chi connectivity index (χ0v) is 12.4. The molecule has 1 heterocycles. The maximum atomic E-state index is 3.69. The third-order valence-corrected chi connectivity index (χ3v) is 4.30. The number of nitrogens with one attached hydrogen (secondary N) is 1. The van der Waals surface area contributed by atoms with Gasteiger partial charge in [0, 0.05) is 44.3 Å². The minimum absolute atomic E-state index is 0.659. The number of nitrogens with zero attached hydrogens (tertiary/aromatic N) is 2. The van der Waals surface area contributed by atoms with Crippen molar-refractivity contribution in [3.8, 4) is 0 Å². The average Bonchev–Trinajstić information content (AvgIpc) is 2.33. The Bertz CT molecular complexity index is 204. The first-order valence-corrected chi connectivity index (χ1v) is 7.26. The van der Waals surface area contributed by atoms with Crippen LogP contribution < -0.4 is 5.32 Å². The lowest BCUT2D eigenvalue weighted by Crippen LogP contribution is -2.55. The molecule has 1 rings (SSSR count). The van der Waals surface area contributed by atoms with Crippen LogP contribution in [0.15, 0.2) is 0 Å². The first-order chi connectivity index (χ1) is 8.08. The van der Waals surface area contributed by atoms with Crippen LogP contribution in [0.5, 0.6) is 0 Å². The van der Waals surface area contributed by atoms with Gasteiger partial charge in [-0.15, -0.1) is 0 Å². The van der Waals surface area contributed by atoms with E-state index in [4.69, 9.17) is 0 Å². The topological polar surface area (TPSA) is 18.5 Å². The fraction of sp³-hybridized carbons (Fsp3) is 1.00. The van der Waals surface area contributed by atoms with Gasteiger partial charge in [-0.25, -0.2) is 0 Å². The lowest BCUT2D eigenvalue weighted by Gasteiger charge is -2.41. The van der Waals surface area contributed by atoms with Gasteiger partial charge in [0.1, 0.15) is 0 Å². The summed E-state index contributed by atoms with van der Waals surface area (Å²) in [5.41, 5.74) is 0. The molecule has 1 fully saturated rings. The molecule has 0 radical (unpaired) electrons. The molecule has 0 aromatic heterocycles. The van der Waals surface area contributed by atoms with Crippen molar-refractivity contribution < 1.29 is 0 Å². The van der Waals surface area contributed by atoms with Gasteiger partial charge in [-0.2, -0.15) is 0 Å². The number of piperazine rings is 1. The molecule has 3 heteroatoms. The fourth-order valence-electron chi connectivity index (χ4n) is 2.52. The molecular formula is C14H31N3. The van der Waals surface area contributed by atoms with Crippen molar-refractivity contribution >= 4 is 0 Å². The standard InChI is InChI=1S/C14H31N3/c1-6-14(7-2)15-10-12(3)17-9-8-16(5)13(4)11-17/h12-15H,6-11H2,1-5H3. The molecule has 0 saturated carbocycles. The SMILES string of the molecule is CCC(CC)NCC(C)N1CCN(C)C(C)C1. The Kier molecular flexibility index (Phi) is 6.45. The van der Waals surface area contributed by atoms with Gasteiger partial charge in [0.25, 0.3) is 0 Å². The minimum Gasteiger partial charge on any atom is -0.312 e. The highest BCUT2D eigenvalue weighted by Crippen LogP contribution is 2.10. The summed E-state index contributed by atoms with van der Waals surface area (Å²) in [5.74, 6) is 0. The van der Waals surface area contributed by atoms with E-state index in [-0.39, 0.29) is 0 Å². The first kappa shape index (κ1) is 14.9. The predicted molar refractivity (Wildman–Crippen MR) is 75.5 cm³/mol. The van der Waals surface area contributed by atoms with Crippen LogP contribution in [-0.2, 0) is 0 Å². The zero-order valence-electron chi connectivity index (χ0n) is 12.4. The minimum atomic E-state index is 0.659. The van der Waals surface area contributed by atoms with Crippen LogP contribution in [-0.4, -0.2) is 61.2 Å². The van der Waals surface area contributed by atoms with Crippen LogP contribution in [0.2, 0.25) is 0 Å². The summed E-state index contributed by atoms with van der Waals surface area (Å²) in [6.45, 7) is 14.0. The molecule has 0 aliphatic carbocycles. The van der Waals surface area contributed by atoms with E-state index in [1.54, 1.807) is 0 Å². The van der Waals surface area contributed by atoms with Crippen molar-refractivity contribution in [1.82, 2.24) is 15.1 Å². The number of rotatable bonds is 6. The van der Waals surface area contributed by atoms with Crippen molar-refractivity contribution in [2.24, 2.45) is 0 Å². The highest BCUT2D eigenvalue weighted by Gasteiger charge is 2.24. The van der Waals surface area contributed by atoms with Gasteiger partial charge in [-0.1, -0.05) is 13.8 Å². The third-order valence-electron chi connectivity index (χ3n) is 4.30. The quantitative estimate of drug-likeness (QED) is 0.765. The monoisotopic (exact) mass is 241 g/mol. The fourth-order valence-corrected chi connectivity index (χ4v) is 2.52. The Balaban J connectivity index is 2.30. The van der Waals surface area contributed by atoms with Crippen LogP contribution in [0, 0.1) is 0 Å². The summed E-state index contributed by atoms with van der Waals surface area (Å²) in [7, 11) is 2.23. The molecule has 1 saturated heterocycles. The molecule has 0 spiro atoms. The summed E-state index contributed by atoms with van der Waals surface area (Å²) in [6, 6.07) is 2.05. The molecule has 0 bridgehead atoms. The van der Waals surface area contributed by atoms with Gasteiger partial charge in [-0.05, 0) is 33.7 Å². The van der Waals surface area contributed by atoms with E-state index >= 15 is 0 Å². The van der Waals surface area contributed by atoms with Crippen molar-refractivity contribution in [3.63, 3.8) is 0 Å². The molecule has 0 aromatic carbocycles. The molecule has 0 amide bonds. The van der Waals surface area contributed by atoms with Gasteiger partial charge in [0.2, 0.25) is 0 Å². The molecule has 1 aliphatic rings. The van der Waals surface area contributed by atoms with Gasteiger partial charge in [-0.3, -0.25) is 4.90 Å². The molecule has 3 nitrogen and oxygen atoms in total. The Morgan fingerprint density at radius 2 is 1.88 bits per heavy atom. The lowest BCUT2D eigenvalue weighted by atomic mass is 10.1. The van der Waals surface area contributed by atoms with E-state index in [2.05, 4.69) is 49.9 Å². The second kappa shape index (κ2) is 7.34. The smallest absolute Gasteiger partial charge is 0.0193 e. The number of hydrogen-bond acceptors (Lipinski definition) is 3. The van der Waals surface area contributed by atoms with Gasteiger partial charge in [0.15, 0.2) is 0 Å². The summed E-state index contributed by atoms with van der Waals surface area (Å²) in [4.78, 5) is 5.08. The van der Waals surface area contributed by atoms with Crippen molar-refractivity contribution in [2.45, 2.75) is 58.7 Å². The van der Waals surface area contributed by atoms with E-state index in [1.807, 2.05) is 0 Å². The molecule has 2 unspecified atom stereocenters. The van der Waals surface area contributed by atoms with Gasteiger partial charge < -0.3 is 10.2 Å². The third kappa shape index (κ3) is 4.57. The van der Waals surface area contributed by atoms with Crippen LogP contribution in [0.25, 0.3) is 0 Å². The molecular weight excluding hydrogens is 210 g/mol. The number of hydrogen-bond donors (Lipinski definition) is 1. The molecule has 2 atom stereocenters. The Morgan fingerprint density at radius 1 is 1.24 bits per heavy atom. The summed E-state index contributed by atoms with van der Waals surface area (Å²) >= 11 is 0. The Labute approximate surface area is 108 Å². The maximum absolute atomic E-state index is 3.69. The highest BCUT2D eigenvalue weighted by molar-refractivity contribution is 4.81. The van der Waals surface area contributed by atoms with Crippen LogP contribution in [0.4, 0.5) is 0 Å². The molecule has 1 aliphatic heterocycles. The van der Waals surface area contributed by atoms with E-state index in [1.165, 1.54) is 32.5 Å². The summed E-state index contributed by atoms with van der Waals surface area (Å²) < 4.78 is 0. The first-order valence-electron chi connectivity index (χ1n) is 7.26. The zero-order chi connectivity index (χ0) is 12.8. The van der Waals surface area contributed by atoms with Crippen LogP contribution in [0.3, 0.4) is 0 Å². The predicted octanol–water partition coefficient (Wildman–Crippen LogP) is 1.79. The summed E-state index contributed by atoms with van der Waals surface area (Å²) in [5, 5.41) is 3.69. The van der Waals surface area contributed by atoms with Gasteiger partial charge >= 0.3 is 0 Å². The van der Waals surface area contributed by atoms with E-state index in [0.29, 0.717) is 18.1 Å². The normalized spacial score (nSPS) is 25.4. The second-order valence-electron chi connectivity index (χ2n) is 5.60. The van der Waals surface area contributed by atoms with Crippen LogP contribution in [0.1, 0.15) is 40.5 Å². The summed E-state index contributed by atoms with van der Waals surface area (Å²) in [6.07, 6.45) is 2.48.